The van der Waals surface area contributed by atoms with Crippen LogP contribution in [0.4, 0.5) is 10.1 Å². The normalized spacial score (nSPS) is 14.8. The smallest absolute Gasteiger partial charge is 0.194 e. The summed E-state index contributed by atoms with van der Waals surface area (Å²) in [5.74, 6) is 0.453. The molecule has 0 aromatic heterocycles. The zero-order chi connectivity index (χ0) is 19.1. The molecule has 1 saturated heterocycles. The van der Waals surface area contributed by atoms with Gasteiger partial charge >= 0.3 is 0 Å². The molecular weight excluding hydrogens is 341 g/mol. The minimum absolute atomic E-state index is 0.211. The van der Waals surface area contributed by atoms with E-state index in [1.807, 2.05) is 19.1 Å². The number of hydrogen-bond acceptors (Lipinski definition) is 3. The Hall–Kier alpha value is -3.07. The van der Waals surface area contributed by atoms with Crippen LogP contribution in [-0.4, -0.2) is 43.6 Å². The molecule has 0 spiro atoms. The molecule has 1 heterocycles. The van der Waals surface area contributed by atoms with E-state index in [1.54, 1.807) is 6.07 Å². The fourth-order valence-electron chi connectivity index (χ4n) is 3.17. The molecule has 5 nitrogen and oxygen atoms in total. The number of para-hydroxylation sites is 1. The van der Waals surface area contributed by atoms with E-state index in [0.717, 1.165) is 38.7 Å². The lowest BCUT2D eigenvalue weighted by Gasteiger charge is -2.37. The van der Waals surface area contributed by atoms with Gasteiger partial charge in [0.15, 0.2) is 5.96 Å². The number of nitrogens with zero attached hydrogens (tertiary/aromatic N) is 4. The van der Waals surface area contributed by atoms with Gasteiger partial charge in [0.1, 0.15) is 5.82 Å². The SMILES string of the molecule is CCNC(=NCc1cc(C#N)ccc1F)N1CCN(c2ccccc2)CC1. The van der Waals surface area contributed by atoms with Crippen LogP contribution in [0.3, 0.4) is 0 Å². The number of nitriles is 1. The number of anilines is 1. The monoisotopic (exact) mass is 365 g/mol. The second-order valence-electron chi connectivity index (χ2n) is 6.40. The third-order valence-corrected chi connectivity index (χ3v) is 4.61. The molecule has 0 unspecified atom stereocenters. The molecule has 0 aliphatic carbocycles. The number of guanidine groups is 1. The Morgan fingerprint density at radius 3 is 2.56 bits per heavy atom. The standard InChI is InChI=1S/C21H24FN5/c1-2-24-21(25-16-18-14-17(15-23)8-9-20(18)22)27-12-10-26(11-13-27)19-6-4-3-5-7-19/h3-9,14H,2,10-13,16H2,1H3,(H,24,25). The highest BCUT2D eigenvalue weighted by Gasteiger charge is 2.19. The van der Waals surface area contributed by atoms with E-state index >= 15 is 0 Å². The van der Waals surface area contributed by atoms with Crippen molar-refractivity contribution in [2.45, 2.75) is 13.5 Å². The van der Waals surface area contributed by atoms with Gasteiger partial charge in [-0.1, -0.05) is 18.2 Å². The van der Waals surface area contributed by atoms with E-state index in [4.69, 9.17) is 5.26 Å². The van der Waals surface area contributed by atoms with E-state index in [9.17, 15) is 4.39 Å². The molecule has 27 heavy (non-hydrogen) atoms. The Kier molecular flexibility index (Phi) is 6.26. The predicted molar refractivity (Wildman–Crippen MR) is 106 cm³/mol. The van der Waals surface area contributed by atoms with Crippen LogP contribution < -0.4 is 10.2 Å². The van der Waals surface area contributed by atoms with Crippen molar-refractivity contribution in [3.05, 3.63) is 65.5 Å². The van der Waals surface area contributed by atoms with Crippen LogP contribution >= 0.6 is 0 Å². The summed E-state index contributed by atoms with van der Waals surface area (Å²) in [6, 6.07) is 16.8. The van der Waals surface area contributed by atoms with Crippen LogP contribution in [0.1, 0.15) is 18.1 Å². The molecule has 0 amide bonds. The fraction of sp³-hybridized carbons (Fsp3) is 0.333. The van der Waals surface area contributed by atoms with Gasteiger partial charge in [-0.3, -0.25) is 0 Å². The first-order chi connectivity index (χ1) is 13.2. The Balaban J connectivity index is 1.67. The Bertz CT molecular complexity index is 820. The average Bonchev–Trinajstić information content (AvgIpc) is 2.73. The highest BCUT2D eigenvalue weighted by molar-refractivity contribution is 5.80. The van der Waals surface area contributed by atoms with E-state index in [1.165, 1.54) is 17.8 Å². The lowest BCUT2D eigenvalue weighted by molar-refractivity contribution is 0.372. The van der Waals surface area contributed by atoms with Gasteiger partial charge in [0.25, 0.3) is 0 Å². The molecule has 1 fully saturated rings. The van der Waals surface area contributed by atoms with Crippen molar-refractivity contribution in [2.24, 2.45) is 4.99 Å². The van der Waals surface area contributed by atoms with Crippen molar-refractivity contribution in [2.75, 3.05) is 37.6 Å². The Labute approximate surface area is 159 Å². The highest BCUT2D eigenvalue weighted by atomic mass is 19.1. The molecule has 0 bridgehead atoms. The van der Waals surface area contributed by atoms with Crippen LogP contribution in [0, 0.1) is 17.1 Å². The molecule has 3 rings (SSSR count). The van der Waals surface area contributed by atoms with Gasteiger partial charge in [-0.25, -0.2) is 9.38 Å². The first-order valence-electron chi connectivity index (χ1n) is 9.23. The minimum Gasteiger partial charge on any atom is -0.368 e. The molecule has 0 saturated carbocycles. The number of aliphatic imine (C=N–C) groups is 1. The Morgan fingerprint density at radius 1 is 1.15 bits per heavy atom. The summed E-state index contributed by atoms with van der Waals surface area (Å²) >= 11 is 0. The van der Waals surface area contributed by atoms with E-state index in [2.05, 4.69) is 44.4 Å². The molecule has 1 N–H and O–H groups in total. The van der Waals surface area contributed by atoms with Crippen LogP contribution in [-0.2, 0) is 6.54 Å². The van der Waals surface area contributed by atoms with Crippen molar-refractivity contribution in [3.8, 4) is 6.07 Å². The van der Waals surface area contributed by atoms with Gasteiger partial charge in [-0.15, -0.1) is 0 Å². The summed E-state index contributed by atoms with van der Waals surface area (Å²) in [6.45, 7) is 6.50. The lowest BCUT2D eigenvalue weighted by atomic mass is 10.1. The second-order valence-corrected chi connectivity index (χ2v) is 6.40. The highest BCUT2D eigenvalue weighted by Crippen LogP contribution is 2.16. The number of rotatable bonds is 4. The molecular formula is C21H24FN5. The molecule has 140 valence electrons. The first-order valence-corrected chi connectivity index (χ1v) is 9.23. The van der Waals surface area contributed by atoms with Crippen LogP contribution in [0.25, 0.3) is 0 Å². The molecule has 1 aliphatic rings. The van der Waals surface area contributed by atoms with Crippen LogP contribution in [0.5, 0.6) is 0 Å². The number of benzene rings is 2. The molecule has 2 aromatic rings. The van der Waals surface area contributed by atoms with E-state index < -0.39 is 0 Å². The van der Waals surface area contributed by atoms with Crippen molar-refractivity contribution in [1.82, 2.24) is 10.2 Å². The summed E-state index contributed by atoms with van der Waals surface area (Å²) in [7, 11) is 0. The summed E-state index contributed by atoms with van der Waals surface area (Å²) in [6.07, 6.45) is 0. The van der Waals surface area contributed by atoms with Gasteiger partial charge in [-0.2, -0.15) is 5.26 Å². The van der Waals surface area contributed by atoms with Crippen molar-refractivity contribution in [1.29, 1.82) is 5.26 Å². The predicted octanol–water partition coefficient (Wildman–Crippen LogP) is 2.99. The largest absolute Gasteiger partial charge is 0.368 e. The van der Waals surface area contributed by atoms with Crippen molar-refractivity contribution >= 4 is 11.6 Å². The van der Waals surface area contributed by atoms with E-state index in [-0.39, 0.29) is 12.4 Å². The fourth-order valence-corrected chi connectivity index (χ4v) is 3.17. The zero-order valence-corrected chi connectivity index (χ0v) is 15.5. The zero-order valence-electron chi connectivity index (χ0n) is 15.5. The summed E-state index contributed by atoms with van der Waals surface area (Å²) < 4.78 is 14.0. The number of piperazine rings is 1. The maximum atomic E-state index is 14.0. The minimum atomic E-state index is -0.331. The van der Waals surface area contributed by atoms with Crippen LogP contribution in [0.15, 0.2) is 53.5 Å². The number of hydrogen-bond donors (Lipinski definition) is 1. The summed E-state index contributed by atoms with van der Waals surface area (Å²) in [5.41, 5.74) is 2.12. The third-order valence-electron chi connectivity index (χ3n) is 4.61. The number of nitrogens with one attached hydrogen (secondary N) is 1. The quantitative estimate of drug-likeness (QED) is 0.669. The van der Waals surface area contributed by atoms with E-state index in [0.29, 0.717) is 11.1 Å². The lowest BCUT2D eigenvalue weighted by Crippen LogP contribution is -2.52. The second kappa shape index (κ2) is 9.04. The first kappa shape index (κ1) is 18.7. The maximum absolute atomic E-state index is 14.0. The molecule has 0 atom stereocenters. The number of halogens is 1. The summed E-state index contributed by atoms with van der Waals surface area (Å²) in [4.78, 5) is 9.17. The van der Waals surface area contributed by atoms with Crippen LogP contribution in [0.2, 0.25) is 0 Å². The molecule has 0 radical (unpaired) electrons. The van der Waals surface area contributed by atoms with Crippen molar-refractivity contribution in [3.63, 3.8) is 0 Å². The third kappa shape index (κ3) is 4.76. The van der Waals surface area contributed by atoms with Gasteiger partial charge in [-0.05, 0) is 37.3 Å². The molecule has 6 heteroatoms. The molecule has 1 aliphatic heterocycles. The maximum Gasteiger partial charge on any atom is 0.194 e. The van der Waals surface area contributed by atoms with Crippen molar-refractivity contribution < 1.29 is 4.39 Å². The molecule has 2 aromatic carbocycles. The van der Waals surface area contributed by atoms with Gasteiger partial charge in [0, 0.05) is 44.0 Å². The van der Waals surface area contributed by atoms with Gasteiger partial charge in [0.2, 0.25) is 0 Å². The summed E-state index contributed by atoms with van der Waals surface area (Å²) in [5, 5.41) is 12.3. The average molecular weight is 365 g/mol. The van der Waals surface area contributed by atoms with Gasteiger partial charge < -0.3 is 15.1 Å². The van der Waals surface area contributed by atoms with Gasteiger partial charge in [0.05, 0.1) is 18.2 Å². The Morgan fingerprint density at radius 2 is 1.89 bits per heavy atom. The topological polar surface area (TPSA) is 54.7 Å².